The highest BCUT2D eigenvalue weighted by atomic mass is 35.5. The van der Waals surface area contributed by atoms with Crippen LogP contribution in [-0.2, 0) is 16.0 Å². The maximum Gasteiger partial charge on any atom is 0.325 e. The number of hydrogen-bond acceptors (Lipinski definition) is 4. The highest BCUT2D eigenvalue weighted by Crippen LogP contribution is 2.34. The van der Waals surface area contributed by atoms with Gasteiger partial charge in [-0.15, -0.1) is 0 Å². The number of benzene rings is 1. The van der Waals surface area contributed by atoms with E-state index >= 15 is 0 Å². The third-order valence-corrected chi connectivity index (χ3v) is 4.88. The number of hydrogen-bond donors (Lipinski definition) is 1. The minimum absolute atomic E-state index is 0.182. The van der Waals surface area contributed by atoms with E-state index in [0.717, 1.165) is 37.4 Å². The number of rotatable bonds is 2. The highest BCUT2D eigenvalue weighted by Gasteiger charge is 2.44. The Morgan fingerprint density at radius 2 is 2.33 bits per heavy atom. The molecule has 4 nitrogen and oxygen atoms in total. The molecule has 0 aromatic heterocycles. The zero-order valence-corrected chi connectivity index (χ0v) is 13.2. The van der Waals surface area contributed by atoms with Gasteiger partial charge in [0, 0.05) is 29.8 Å². The number of carbonyl (C=O) groups is 1. The van der Waals surface area contributed by atoms with Crippen molar-refractivity contribution in [3.8, 4) is 0 Å². The average Bonchev–Trinajstić information content (AvgIpc) is 2.89. The molecule has 0 amide bonds. The first kappa shape index (κ1) is 14.7. The molecule has 0 radical (unpaired) electrons. The van der Waals surface area contributed by atoms with Gasteiger partial charge in [0.25, 0.3) is 0 Å². The van der Waals surface area contributed by atoms with Crippen LogP contribution in [0.5, 0.6) is 0 Å². The summed E-state index contributed by atoms with van der Waals surface area (Å²) in [5.74, 6) is -0.182. The molecular weight excluding hydrogens is 288 g/mol. The molecular formula is C16H21ClN2O2. The molecule has 1 saturated heterocycles. The van der Waals surface area contributed by atoms with Crippen LogP contribution in [0, 0.1) is 0 Å². The molecule has 0 bridgehead atoms. The lowest BCUT2D eigenvalue weighted by Crippen LogP contribution is -2.45. The number of nitrogens with one attached hydrogen (secondary N) is 1. The summed E-state index contributed by atoms with van der Waals surface area (Å²) >= 11 is 6.10. The fourth-order valence-electron chi connectivity index (χ4n) is 3.53. The Hall–Kier alpha value is -1.26. The summed E-state index contributed by atoms with van der Waals surface area (Å²) in [6.07, 6.45) is 2.96. The molecule has 5 heteroatoms. The van der Waals surface area contributed by atoms with Crippen molar-refractivity contribution >= 4 is 23.3 Å². The molecule has 0 aliphatic carbocycles. The van der Waals surface area contributed by atoms with Gasteiger partial charge in [-0.2, -0.15) is 0 Å². The summed E-state index contributed by atoms with van der Waals surface area (Å²) < 4.78 is 4.92. The van der Waals surface area contributed by atoms with Crippen LogP contribution >= 0.6 is 11.6 Å². The van der Waals surface area contributed by atoms with E-state index in [0.29, 0.717) is 6.04 Å². The molecule has 1 unspecified atom stereocenters. The van der Waals surface area contributed by atoms with E-state index in [1.807, 2.05) is 13.0 Å². The van der Waals surface area contributed by atoms with Crippen LogP contribution in [0.2, 0.25) is 5.02 Å². The van der Waals surface area contributed by atoms with Gasteiger partial charge in [-0.25, -0.2) is 0 Å². The van der Waals surface area contributed by atoms with Gasteiger partial charge in [0.1, 0.15) is 5.54 Å². The maximum absolute atomic E-state index is 11.9. The van der Waals surface area contributed by atoms with Crippen LogP contribution in [0.15, 0.2) is 18.2 Å². The molecule has 1 aromatic rings. The predicted octanol–water partition coefficient (Wildman–Crippen LogP) is 2.39. The van der Waals surface area contributed by atoms with Gasteiger partial charge in [0.15, 0.2) is 0 Å². The molecule has 1 aromatic carbocycles. The second-order valence-electron chi connectivity index (χ2n) is 6.13. The van der Waals surface area contributed by atoms with Crippen LogP contribution in [0.3, 0.4) is 0 Å². The molecule has 114 valence electrons. The Balaban J connectivity index is 1.83. The summed E-state index contributed by atoms with van der Waals surface area (Å²) in [6, 6.07) is 6.42. The second kappa shape index (κ2) is 5.50. The van der Waals surface area contributed by atoms with Crippen molar-refractivity contribution in [2.45, 2.75) is 37.8 Å². The van der Waals surface area contributed by atoms with Crippen molar-refractivity contribution in [2.75, 3.05) is 25.1 Å². The summed E-state index contributed by atoms with van der Waals surface area (Å²) in [4.78, 5) is 14.3. The third kappa shape index (κ3) is 2.62. The van der Waals surface area contributed by atoms with E-state index < -0.39 is 5.54 Å². The number of aryl methyl sites for hydroxylation is 1. The van der Waals surface area contributed by atoms with Crippen LogP contribution in [0.1, 0.15) is 25.3 Å². The molecule has 21 heavy (non-hydrogen) atoms. The van der Waals surface area contributed by atoms with E-state index in [2.05, 4.69) is 22.3 Å². The molecule has 1 N–H and O–H groups in total. The van der Waals surface area contributed by atoms with Crippen molar-refractivity contribution < 1.29 is 9.53 Å². The Morgan fingerprint density at radius 1 is 1.52 bits per heavy atom. The molecule has 1 fully saturated rings. The largest absolute Gasteiger partial charge is 0.468 e. The minimum Gasteiger partial charge on any atom is -0.468 e. The molecule has 2 aliphatic heterocycles. The quantitative estimate of drug-likeness (QED) is 0.852. The molecule has 0 spiro atoms. The molecule has 2 heterocycles. The topological polar surface area (TPSA) is 41.6 Å². The van der Waals surface area contributed by atoms with Crippen molar-refractivity contribution in [1.82, 2.24) is 5.32 Å². The SMILES string of the molecule is COC(=O)[C@]1(C)CC(N2CCCc3cc(Cl)ccc32)CN1. The lowest BCUT2D eigenvalue weighted by molar-refractivity contribution is -0.147. The molecule has 3 rings (SSSR count). The number of halogens is 1. The van der Waals surface area contributed by atoms with Gasteiger partial charge < -0.3 is 9.64 Å². The van der Waals surface area contributed by atoms with Gasteiger partial charge in [-0.3, -0.25) is 10.1 Å². The van der Waals surface area contributed by atoms with Gasteiger partial charge >= 0.3 is 5.97 Å². The molecule has 0 saturated carbocycles. The van der Waals surface area contributed by atoms with Crippen molar-refractivity contribution in [3.05, 3.63) is 28.8 Å². The van der Waals surface area contributed by atoms with Crippen molar-refractivity contribution in [2.24, 2.45) is 0 Å². The minimum atomic E-state index is -0.580. The van der Waals surface area contributed by atoms with Crippen LogP contribution < -0.4 is 10.2 Å². The van der Waals surface area contributed by atoms with Gasteiger partial charge in [0.05, 0.1) is 7.11 Å². The number of ether oxygens (including phenoxy) is 1. The van der Waals surface area contributed by atoms with Crippen molar-refractivity contribution in [1.29, 1.82) is 0 Å². The lowest BCUT2D eigenvalue weighted by Gasteiger charge is -2.36. The highest BCUT2D eigenvalue weighted by molar-refractivity contribution is 6.30. The number of esters is 1. The molecule has 2 atom stereocenters. The smallest absolute Gasteiger partial charge is 0.325 e. The van der Waals surface area contributed by atoms with E-state index in [1.165, 1.54) is 18.4 Å². The number of anilines is 1. The normalized spacial score (nSPS) is 28.3. The number of carbonyl (C=O) groups excluding carboxylic acids is 1. The Morgan fingerprint density at radius 3 is 3.10 bits per heavy atom. The monoisotopic (exact) mass is 308 g/mol. The first-order chi connectivity index (χ1) is 10.0. The number of methoxy groups -OCH3 is 1. The Bertz CT molecular complexity index is 563. The fraction of sp³-hybridized carbons (Fsp3) is 0.562. The van der Waals surface area contributed by atoms with E-state index in [9.17, 15) is 4.79 Å². The maximum atomic E-state index is 11.9. The zero-order chi connectivity index (χ0) is 15.0. The summed E-state index contributed by atoms with van der Waals surface area (Å²) in [6.45, 7) is 3.75. The summed E-state index contributed by atoms with van der Waals surface area (Å²) in [5, 5.41) is 4.12. The van der Waals surface area contributed by atoms with Gasteiger partial charge in [-0.1, -0.05) is 11.6 Å². The zero-order valence-electron chi connectivity index (χ0n) is 12.5. The lowest BCUT2D eigenvalue weighted by atomic mass is 9.95. The van der Waals surface area contributed by atoms with E-state index in [-0.39, 0.29) is 5.97 Å². The van der Waals surface area contributed by atoms with E-state index in [4.69, 9.17) is 16.3 Å². The van der Waals surface area contributed by atoms with Crippen LogP contribution in [-0.4, -0.2) is 37.7 Å². The average molecular weight is 309 g/mol. The van der Waals surface area contributed by atoms with Crippen LogP contribution in [0.4, 0.5) is 5.69 Å². The fourth-order valence-corrected chi connectivity index (χ4v) is 3.73. The van der Waals surface area contributed by atoms with Crippen molar-refractivity contribution in [3.63, 3.8) is 0 Å². The third-order valence-electron chi connectivity index (χ3n) is 4.64. The first-order valence-electron chi connectivity index (χ1n) is 7.42. The van der Waals surface area contributed by atoms with Crippen LogP contribution in [0.25, 0.3) is 0 Å². The standard InChI is InChI=1S/C16H21ClN2O2/c1-16(15(20)21-2)9-13(10-18-16)19-7-3-4-11-8-12(17)5-6-14(11)19/h5-6,8,13,18H,3-4,7,9-10H2,1-2H3/t13?,16-/m0/s1. The van der Waals surface area contributed by atoms with Gasteiger partial charge in [0.2, 0.25) is 0 Å². The molecule has 2 aliphatic rings. The summed E-state index contributed by atoms with van der Waals surface area (Å²) in [7, 11) is 1.45. The van der Waals surface area contributed by atoms with Gasteiger partial charge in [-0.05, 0) is 49.9 Å². The Kier molecular flexibility index (Phi) is 3.84. The summed E-state index contributed by atoms with van der Waals surface area (Å²) in [5.41, 5.74) is 1.98. The first-order valence-corrected chi connectivity index (χ1v) is 7.80. The number of fused-ring (bicyclic) bond motifs is 1. The predicted molar refractivity (Wildman–Crippen MR) is 83.9 cm³/mol. The van der Waals surface area contributed by atoms with E-state index in [1.54, 1.807) is 0 Å². The Labute approximate surface area is 130 Å². The second-order valence-corrected chi connectivity index (χ2v) is 6.57. The number of nitrogens with zero attached hydrogens (tertiary/aromatic N) is 1.